The Bertz CT molecular complexity index is 260. The number of nitrogens with zero attached hydrogens (tertiary/aromatic N) is 2. The highest BCUT2D eigenvalue weighted by molar-refractivity contribution is 6.17. The molecule has 20 heavy (non-hydrogen) atoms. The van der Waals surface area contributed by atoms with Crippen LogP contribution in [-0.4, -0.2) is 62.0 Å². The predicted octanol–water partition coefficient (Wildman–Crippen LogP) is 2.92. The van der Waals surface area contributed by atoms with Crippen molar-refractivity contribution in [1.82, 2.24) is 15.1 Å². The molecule has 0 atom stereocenters. The second-order valence-electron chi connectivity index (χ2n) is 5.52. The zero-order valence-corrected chi connectivity index (χ0v) is 14.1. The van der Waals surface area contributed by atoms with Crippen molar-refractivity contribution in [3.63, 3.8) is 0 Å². The summed E-state index contributed by atoms with van der Waals surface area (Å²) in [5.74, 6) is 0.772. The van der Waals surface area contributed by atoms with Gasteiger partial charge in [-0.25, -0.2) is 0 Å². The SMILES string of the molecule is CC/C(=C\CCCCl)N1CCN(CCCCNC)CC1. The minimum atomic E-state index is 0.772. The minimum Gasteiger partial charge on any atom is -0.373 e. The highest BCUT2D eigenvalue weighted by Gasteiger charge is 2.17. The summed E-state index contributed by atoms with van der Waals surface area (Å²) in [6.45, 7) is 9.46. The van der Waals surface area contributed by atoms with E-state index in [1.165, 1.54) is 51.3 Å². The highest BCUT2D eigenvalue weighted by atomic mass is 35.5. The highest BCUT2D eigenvalue weighted by Crippen LogP contribution is 2.14. The van der Waals surface area contributed by atoms with Crippen LogP contribution in [0.25, 0.3) is 0 Å². The van der Waals surface area contributed by atoms with Crippen LogP contribution in [0.4, 0.5) is 0 Å². The van der Waals surface area contributed by atoms with Crippen LogP contribution >= 0.6 is 11.6 Å². The van der Waals surface area contributed by atoms with E-state index >= 15 is 0 Å². The fourth-order valence-corrected chi connectivity index (χ4v) is 2.89. The maximum atomic E-state index is 5.75. The van der Waals surface area contributed by atoms with Gasteiger partial charge in [0.25, 0.3) is 0 Å². The van der Waals surface area contributed by atoms with Crippen LogP contribution in [0.2, 0.25) is 0 Å². The summed E-state index contributed by atoms with van der Waals surface area (Å²) in [4.78, 5) is 5.18. The van der Waals surface area contributed by atoms with Crippen molar-refractivity contribution in [2.24, 2.45) is 0 Å². The van der Waals surface area contributed by atoms with E-state index in [-0.39, 0.29) is 0 Å². The molecule has 1 aliphatic rings. The molecular formula is C16H32ClN3. The van der Waals surface area contributed by atoms with E-state index in [1.54, 1.807) is 0 Å². The molecule has 0 unspecified atom stereocenters. The van der Waals surface area contributed by atoms with Gasteiger partial charge in [0.2, 0.25) is 0 Å². The number of unbranched alkanes of at least 4 members (excludes halogenated alkanes) is 2. The molecular weight excluding hydrogens is 270 g/mol. The first-order valence-electron chi connectivity index (χ1n) is 8.18. The van der Waals surface area contributed by atoms with Crippen LogP contribution < -0.4 is 5.32 Å². The smallest absolute Gasteiger partial charge is 0.0303 e. The second-order valence-corrected chi connectivity index (χ2v) is 5.90. The van der Waals surface area contributed by atoms with E-state index < -0.39 is 0 Å². The first kappa shape index (κ1) is 17.8. The molecule has 0 amide bonds. The van der Waals surface area contributed by atoms with Crippen LogP contribution in [0.1, 0.15) is 39.0 Å². The molecule has 118 valence electrons. The number of alkyl halides is 1. The Hall–Kier alpha value is -0.250. The van der Waals surface area contributed by atoms with Gasteiger partial charge in [-0.3, -0.25) is 4.90 Å². The zero-order valence-electron chi connectivity index (χ0n) is 13.3. The van der Waals surface area contributed by atoms with Gasteiger partial charge < -0.3 is 10.2 Å². The van der Waals surface area contributed by atoms with Crippen LogP contribution in [-0.2, 0) is 0 Å². The van der Waals surface area contributed by atoms with Crippen molar-refractivity contribution in [3.05, 3.63) is 11.8 Å². The first-order chi connectivity index (χ1) is 9.81. The summed E-state index contributed by atoms with van der Waals surface area (Å²) in [6.07, 6.45) is 8.35. The molecule has 0 aliphatic carbocycles. The maximum Gasteiger partial charge on any atom is 0.0303 e. The van der Waals surface area contributed by atoms with Crippen molar-refractivity contribution >= 4 is 11.6 Å². The van der Waals surface area contributed by atoms with Crippen LogP contribution in [0.3, 0.4) is 0 Å². The summed E-state index contributed by atoms with van der Waals surface area (Å²) in [7, 11) is 2.03. The maximum absolute atomic E-state index is 5.75. The molecule has 1 fully saturated rings. The van der Waals surface area contributed by atoms with Gasteiger partial charge in [-0.1, -0.05) is 13.0 Å². The Morgan fingerprint density at radius 3 is 2.50 bits per heavy atom. The first-order valence-corrected chi connectivity index (χ1v) is 8.72. The zero-order chi connectivity index (χ0) is 14.6. The van der Waals surface area contributed by atoms with Crippen molar-refractivity contribution in [2.75, 3.05) is 52.2 Å². The Morgan fingerprint density at radius 2 is 1.90 bits per heavy atom. The lowest BCUT2D eigenvalue weighted by Crippen LogP contribution is -2.46. The fraction of sp³-hybridized carbons (Fsp3) is 0.875. The Kier molecular flexibility index (Phi) is 10.2. The molecule has 1 aliphatic heterocycles. The van der Waals surface area contributed by atoms with E-state index in [9.17, 15) is 0 Å². The summed E-state index contributed by atoms with van der Waals surface area (Å²) < 4.78 is 0. The lowest BCUT2D eigenvalue weighted by molar-refractivity contribution is 0.154. The third-order valence-corrected chi connectivity index (χ3v) is 4.28. The van der Waals surface area contributed by atoms with Crippen LogP contribution in [0, 0.1) is 0 Å². The van der Waals surface area contributed by atoms with E-state index in [4.69, 9.17) is 11.6 Å². The number of allylic oxidation sites excluding steroid dienone is 2. The van der Waals surface area contributed by atoms with Gasteiger partial charge in [0.1, 0.15) is 0 Å². The van der Waals surface area contributed by atoms with E-state index in [1.807, 2.05) is 7.05 Å². The predicted molar refractivity (Wildman–Crippen MR) is 89.5 cm³/mol. The summed E-state index contributed by atoms with van der Waals surface area (Å²) in [5, 5.41) is 3.22. The van der Waals surface area contributed by atoms with Gasteiger partial charge in [0.05, 0.1) is 0 Å². The van der Waals surface area contributed by atoms with E-state index in [2.05, 4.69) is 28.1 Å². The fourth-order valence-electron chi connectivity index (χ4n) is 2.74. The molecule has 0 aromatic heterocycles. The largest absolute Gasteiger partial charge is 0.373 e. The summed E-state index contributed by atoms with van der Waals surface area (Å²) >= 11 is 5.75. The quantitative estimate of drug-likeness (QED) is 0.494. The molecule has 4 heteroatoms. The van der Waals surface area contributed by atoms with Gasteiger partial charge in [-0.05, 0) is 52.2 Å². The molecule has 1 N–H and O–H groups in total. The molecule has 1 rings (SSSR count). The Morgan fingerprint density at radius 1 is 1.15 bits per heavy atom. The van der Waals surface area contributed by atoms with Crippen molar-refractivity contribution in [2.45, 2.75) is 39.0 Å². The van der Waals surface area contributed by atoms with Crippen molar-refractivity contribution in [3.8, 4) is 0 Å². The van der Waals surface area contributed by atoms with Gasteiger partial charge in [-0.2, -0.15) is 0 Å². The van der Waals surface area contributed by atoms with Gasteiger partial charge in [-0.15, -0.1) is 11.6 Å². The number of rotatable bonds is 10. The molecule has 0 aromatic carbocycles. The van der Waals surface area contributed by atoms with Crippen molar-refractivity contribution in [1.29, 1.82) is 0 Å². The molecule has 0 radical (unpaired) electrons. The number of hydrogen-bond acceptors (Lipinski definition) is 3. The lowest BCUT2D eigenvalue weighted by Gasteiger charge is -2.37. The van der Waals surface area contributed by atoms with Gasteiger partial charge in [0.15, 0.2) is 0 Å². The monoisotopic (exact) mass is 301 g/mol. The topological polar surface area (TPSA) is 18.5 Å². The minimum absolute atomic E-state index is 0.772. The molecule has 1 heterocycles. The molecule has 0 spiro atoms. The number of hydrogen-bond donors (Lipinski definition) is 1. The van der Waals surface area contributed by atoms with Gasteiger partial charge >= 0.3 is 0 Å². The molecule has 1 saturated heterocycles. The van der Waals surface area contributed by atoms with Gasteiger partial charge in [0, 0.05) is 37.8 Å². The number of nitrogens with one attached hydrogen (secondary N) is 1. The van der Waals surface area contributed by atoms with Crippen LogP contribution in [0.5, 0.6) is 0 Å². The second kappa shape index (κ2) is 11.4. The average molecular weight is 302 g/mol. The number of piperazine rings is 1. The van der Waals surface area contributed by atoms with Crippen molar-refractivity contribution < 1.29 is 0 Å². The third kappa shape index (κ3) is 6.96. The summed E-state index contributed by atoms with van der Waals surface area (Å²) in [6, 6.07) is 0. The normalized spacial score (nSPS) is 17.8. The molecule has 3 nitrogen and oxygen atoms in total. The Balaban J connectivity index is 2.24. The van der Waals surface area contributed by atoms with E-state index in [0.29, 0.717) is 0 Å². The Labute approximate surface area is 130 Å². The molecule has 0 aromatic rings. The number of halogens is 1. The van der Waals surface area contributed by atoms with E-state index in [0.717, 1.165) is 31.7 Å². The molecule has 0 bridgehead atoms. The lowest BCUT2D eigenvalue weighted by atomic mass is 10.2. The standard InChI is InChI=1S/C16H32ClN3/c1-3-16(8-4-5-9-17)20-14-12-19(13-15-20)11-7-6-10-18-2/h8,18H,3-7,9-15H2,1-2H3/b16-8+. The summed E-state index contributed by atoms with van der Waals surface area (Å²) in [5.41, 5.74) is 1.52. The molecule has 0 saturated carbocycles. The third-order valence-electron chi connectivity index (χ3n) is 4.01. The average Bonchev–Trinajstić information content (AvgIpc) is 2.49. The van der Waals surface area contributed by atoms with Crippen LogP contribution in [0.15, 0.2) is 11.8 Å².